The molecule has 1 aromatic heterocycles. The number of aliphatic hydroxyl groups is 1. The first kappa shape index (κ1) is 42.5. The summed E-state index contributed by atoms with van der Waals surface area (Å²) in [4.78, 5) is 104. The van der Waals surface area contributed by atoms with Crippen LogP contribution in [0, 0.1) is 5.92 Å². The first-order chi connectivity index (χ1) is 23.9. The van der Waals surface area contributed by atoms with E-state index in [0.29, 0.717) is 12.1 Å². The van der Waals surface area contributed by atoms with E-state index in [-0.39, 0.29) is 37.8 Å². The van der Waals surface area contributed by atoms with Gasteiger partial charge in [0.05, 0.1) is 25.6 Å². The number of hydrogen-bond acceptors (Lipinski definition) is 10. The van der Waals surface area contributed by atoms with Gasteiger partial charge in [0.2, 0.25) is 35.4 Å². The lowest BCUT2D eigenvalue weighted by atomic mass is 10.0. The van der Waals surface area contributed by atoms with Gasteiger partial charge in [-0.2, -0.15) is 0 Å². The fourth-order valence-corrected chi connectivity index (χ4v) is 5.33. The second kappa shape index (κ2) is 20.2. The summed E-state index contributed by atoms with van der Waals surface area (Å²) in [6.07, 6.45) is 1.64. The highest BCUT2D eigenvalue weighted by Crippen LogP contribution is 2.38. The first-order valence-corrected chi connectivity index (χ1v) is 17.5. The number of hydrogen-bond donors (Lipinski definition) is 9. The number of carbonyl (C=O) groups is 6. The Morgan fingerprint density at radius 3 is 2.06 bits per heavy atom. The maximum Gasteiger partial charge on any atom is 0.469 e. The Morgan fingerprint density at radius 1 is 0.922 bits per heavy atom. The SMILES string of the molecule is CC(=O)N(CC(=O)N[C@@H](CCC(C)C)C(=O)N[C@@H](Cc1cnc[nH]1)C(=O)N[C@@H](CO)C(=O)N[C@H](C(N)=O)[C@@H](C)OP(=O)(O)O)Cc1ccccc1. The predicted molar refractivity (Wildman–Crippen MR) is 180 cm³/mol. The number of phosphoric acid groups is 1. The number of primary amides is 1. The molecule has 51 heavy (non-hydrogen) atoms. The van der Waals surface area contributed by atoms with E-state index in [1.807, 2.05) is 19.9 Å². The van der Waals surface area contributed by atoms with E-state index in [4.69, 9.17) is 15.5 Å². The molecule has 0 unspecified atom stereocenters. The molecule has 0 radical (unpaired) electrons. The molecule has 0 aliphatic rings. The molecule has 1 aromatic carbocycles. The Kier molecular flexibility index (Phi) is 16.9. The molecule has 0 bridgehead atoms. The Bertz CT molecular complexity index is 1520. The van der Waals surface area contributed by atoms with Gasteiger partial charge in [0.1, 0.15) is 24.2 Å². The molecular weight excluding hydrogens is 691 g/mol. The molecule has 0 spiro atoms. The van der Waals surface area contributed by atoms with E-state index in [9.17, 15) is 38.4 Å². The maximum atomic E-state index is 13.7. The van der Waals surface area contributed by atoms with E-state index in [1.54, 1.807) is 24.3 Å². The van der Waals surface area contributed by atoms with Gasteiger partial charge in [-0.3, -0.25) is 33.3 Å². The Balaban J connectivity index is 2.24. The number of aromatic nitrogens is 2. The third-order valence-corrected chi connectivity index (χ3v) is 8.09. The number of imidazole rings is 1. The molecule has 282 valence electrons. The molecule has 0 aliphatic carbocycles. The lowest BCUT2D eigenvalue weighted by molar-refractivity contribution is -0.137. The van der Waals surface area contributed by atoms with Crippen LogP contribution in [0.25, 0.3) is 0 Å². The van der Waals surface area contributed by atoms with Gasteiger partial charge in [-0.05, 0) is 31.2 Å². The smallest absolute Gasteiger partial charge is 0.394 e. The summed E-state index contributed by atoms with van der Waals surface area (Å²) in [5, 5.41) is 19.5. The Labute approximate surface area is 294 Å². The summed E-state index contributed by atoms with van der Waals surface area (Å²) in [6.45, 7) is 5.05. The van der Waals surface area contributed by atoms with Crippen LogP contribution >= 0.6 is 7.82 Å². The van der Waals surface area contributed by atoms with Crippen LogP contribution in [0.3, 0.4) is 0 Å². The van der Waals surface area contributed by atoms with Gasteiger partial charge in [-0.1, -0.05) is 44.2 Å². The third kappa shape index (κ3) is 15.4. The van der Waals surface area contributed by atoms with Crippen LogP contribution < -0.4 is 27.0 Å². The van der Waals surface area contributed by atoms with Gasteiger partial charge in [-0.25, -0.2) is 9.55 Å². The minimum atomic E-state index is -5.09. The van der Waals surface area contributed by atoms with E-state index < -0.39 is 74.2 Å². The number of nitrogens with two attached hydrogens (primary N) is 1. The number of nitrogens with zero attached hydrogens (tertiary/aromatic N) is 2. The molecule has 6 amide bonds. The summed E-state index contributed by atoms with van der Waals surface area (Å²) in [7, 11) is -5.09. The molecule has 19 nitrogen and oxygen atoms in total. The second-order valence-corrected chi connectivity index (χ2v) is 13.4. The molecule has 2 aromatic rings. The number of benzene rings is 1. The van der Waals surface area contributed by atoms with Crippen LogP contribution in [-0.4, -0.2) is 109 Å². The van der Waals surface area contributed by atoms with Crippen molar-refractivity contribution >= 4 is 43.3 Å². The van der Waals surface area contributed by atoms with E-state index in [1.165, 1.54) is 24.3 Å². The molecular formula is C31H47N8O11P. The summed E-state index contributed by atoms with van der Waals surface area (Å²) in [5.41, 5.74) is 6.46. The fraction of sp³-hybridized carbons (Fsp3) is 0.516. The number of aromatic amines is 1. The summed E-state index contributed by atoms with van der Waals surface area (Å²) < 4.78 is 15.7. The van der Waals surface area contributed by atoms with Crippen molar-refractivity contribution in [2.75, 3.05) is 13.2 Å². The van der Waals surface area contributed by atoms with Crippen molar-refractivity contribution in [3.63, 3.8) is 0 Å². The average molecular weight is 739 g/mol. The van der Waals surface area contributed by atoms with E-state index >= 15 is 0 Å². The average Bonchev–Trinajstić information content (AvgIpc) is 3.56. The number of aliphatic hydroxyl groups excluding tert-OH is 1. The van der Waals surface area contributed by atoms with E-state index in [0.717, 1.165) is 12.5 Å². The van der Waals surface area contributed by atoms with Crippen molar-refractivity contribution in [2.45, 2.75) is 83.8 Å². The van der Waals surface area contributed by atoms with Crippen molar-refractivity contribution in [2.24, 2.45) is 11.7 Å². The predicted octanol–water partition coefficient (Wildman–Crippen LogP) is -1.65. The van der Waals surface area contributed by atoms with Crippen LogP contribution in [0.4, 0.5) is 0 Å². The molecule has 0 fully saturated rings. The minimum Gasteiger partial charge on any atom is -0.394 e. The zero-order valence-electron chi connectivity index (χ0n) is 28.8. The molecule has 2 rings (SSSR count). The molecule has 5 atom stereocenters. The minimum absolute atomic E-state index is 0.135. The molecule has 0 saturated carbocycles. The number of phosphoric ester groups is 1. The van der Waals surface area contributed by atoms with Crippen molar-refractivity contribution in [1.29, 1.82) is 0 Å². The lowest BCUT2D eigenvalue weighted by Gasteiger charge is -2.27. The number of H-pyrrole nitrogens is 1. The normalized spacial score (nSPS) is 14.4. The largest absolute Gasteiger partial charge is 0.469 e. The number of carbonyl (C=O) groups excluding carboxylic acids is 6. The first-order valence-electron chi connectivity index (χ1n) is 16.0. The van der Waals surface area contributed by atoms with Crippen molar-refractivity contribution < 1.29 is 52.7 Å². The summed E-state index contributed by atoms with van der Waals surface area (Å²) >= 11 is 0. The van der Waals surface area contributed by atoms with Gasteiger partial charge in [-0.15, -0.1) is 0 Å². The quantitative estimate of drug-likeness (QED) is 0.0652. The zero-order chi connectivity index (χ0) is 38.3. The molecule has 0 saturated heterocycles. The van der Waals surface area contributed by atoms with Crippen LogP contribution in [0.2, 0.25) is 0 Å². The zero-order valence-corrected chi connectivity index (χ0v) is 29.7. The standard InChI is InChI=1S/C31H47N8O11P/c1-18(2)10-11-23(35-26(42)15-39(20(4)41)14-21-8-6-5-7-9-21)29(44)36-24(12-22-13-33-17-34-22)30(45)37-25(16-40)31(46)38-27(28(32)43)19(3)50-51(47,48)49/h5-9,13,17-19,23-25,27,40H,10-12,14-16H2,1-4H3,(H2,32,43)(H,33,34)(H,35,42)(H,36,44)(H,37,45)(H,38,46)(H2,47,48,49)/t19-,23+,24+,25+,27+/m1/s1. The topological polar surface area (TPSA) is 295 Å². The molecule has 1 heterocycles. The Hall–Kier alpha value is -4.68. The van der Waals surface area contributed by atoms with Gasteiger partial charge in [0.15, 0.2) is 0 Å². The third-order valence-electron chi connectivity index (χ3n) is 7.49. The highest BCUT2D eigenvalue weighted by molar-refractivity contribution is 7.46. The number of rotatable bonds is 21. The van der Waals surface area contributed by atoms with Gasteiger partial charge in [0.25, 0.3) is 0 Å². The van der Waals surface area contributed by atoms with Crippen LogP contribution in [0.1, 0.15) is 51.8 Å². The van der Waals surface area contributed by atoms with Gasteiger partial charge in [0, 0.05) is 31.8 Å². The molecule has 10 N–H and O–H groups in total. The van der Waals surface area contributed by atoms with Crippen LogP contribution in [-0.2, 0) is 50.8 Å². The van der Waals surface area contributed by atoms with Crippen LogP contribution in [0.5, 0.6) is 0 Å². The summed E-state index contributed by atoms with van der Waals surface area (Å²) in [6, 6.07) is 3.01. The van der Waals surface area contributed by atoms with Gasteiger partial charge >= 0.3 is 7.82 Å². The highest BCUT2D eigenvalue weighted by atomic mass is 31.2. The summed E-state index contributed by atoms with van der Waals surface area (Å²) in [5.74, 6) is -4.92. The molecule has 20 heteroatoms. The fourth-order valence-electron chi connectivity index (χ4n) is 4.78. The van der Waals surface area contributed by atoms with E-state index in [2.05, 4.69) is 35.8 Å². The molecule has 0 aliphatic heterocycles. The monoisotopic (exact) mass is 738 g/mol. The number of nitrogens with one attached hydrogen (secondary N) is 5. The van der Waals surface area contributed by atoms with Crippen molar-refractivity contribution in [3.05, 3.63) is 54.1 Å². The maximum absolute atomic E-state index is 13.7. The lowest BCUT2D eigenvalue weighted by Crippen LogP contribution is -2.60. The highest BCUT2D eigenvalue weighted by Gasteiger charge is 2.35. The van der Waals surface area contributed by atoms with Crippen molar-refractivity contribution in [3.8, 4) is 0 Å². The van der Waals surface area contributed by atoms with Crippen LogP contribution in [0.15, 0.2) is 42.9 Å². The number of amides is 6. The van der Waals surface area contributed by atoms with Crippen molar-refractivity contribution in [1.82, 2.24) is 36.1 Å². The Morgan fingerprint density at radius 2 is 1.53 bits per heavy atom. The van der Waals surface area contributed by atoms with Gasteiger partial charge < -0.3 is 51.8 Å². The second-order valence-electron chi connectivity index (χ2n) is 12.2.